The summed E-state index contributed by atoms with van der Waals surface area (Å²) in [5.74, 6) is -1.68. The van der Waals surface area contributed by atoms with E-state index in [2.05, 4.69) is 14.7 Å². The highest BCUT2D eigenvalue weighted by Gasteiger charge is 2.73. The van der Waals surface area contributed by atoms with Crippen LogP contribution in [-0.4, -0.2) is 65.1 Å². The molecule has 0 radical (unpaired) electrons. The molecule has 3 atom stereocenters. The fraction of sp³-hybridized carbons (Fsp3) is 0.516. The van der Waals surface area contributed by atoms with Gasteiger partial charge in [-0.15, -0.1) is 11.3 Å². The predicted molar refractivity (Wildman–Crippen MR) is 154 cm³/mol. The lowest BCUT2D eigenvalue weighted by molar-refractivity contribution is -0.376. The molecule has 3 heterocycles. The molecule has 1 N–H and O–H groups in total. The van der Waals surface area contributed by atoms with Gasteiger partial charge in [-0.05, 0) is 55.4 Å². The van der Waals surface area contributed by atoms with Crippen LogP contribution < -0.4 is 14.2 Å². The van der Waals surface area contributed by atoms with Crippen molar-refractivity contribution in [3.05, 3.63) is 63.7 Å². The molecular formula is C31H30F8N2O7S. The molecule has 2 unspecified atom stereocenters. The third-order valence-corrected chi connectivity index (χ3v) is 8.89. The normalized spacial score (nSPS) is 19.4. The number of halogens is 8. The highest BCUT2D eigenvalue weighted by molar-refractivity contribution is 7.11. The Hall–Kier alpha value is -3.77. The Kier molecular flexibility index (Phi) is 10.9. The lowest BCUT2D eigenvalue weighted by Gasteiger charge is -2.30. The van der Waals surface area contributed by atoms with Crippen LogP contribution in [-0.2, 0) is 26.3 Å². The number of rotatable bonds is 13. The number of ether oxygens (including phenoxy) is 5. The molecule has 9 nitrogen and oxygen atoms in total. The maximum absolute atomic E-state index is 13.6. The highest BCUT2D eigenvalue weighted by atomic mass is 32.1. The van der Waals surface area contributed by atoms with Crippen molar-refractivity contribution in [2.24, 2.45) is 0 Å². The second kappa shape index (κ2) is 14.6. The van der Waals surface area contributed by atoms with E-state index in [0.717, 1.165) is 12.6 Å². The summed E-state index contributed by atoms with van der Waals surface area (Å²) in [5.41, 5.74) is -4.50. The van der Waals surface area contributed by atoms with E-state index in [0.29, 0.717) is 31.2 Å². The van der Waals surface area contributed by atoms with Gasteiger partial charge in [0.2, 0.25) is 12.2 Å². The van der Waals surface area contributed by atoms with Gasteiger partial charge in [0.15, 0.2) is 11.5 Å². The van der Waals surface area contributed by atoms with Crippen molar-refractivity contribution in [3.63, 3.8) is 0 Å². The van der Waals surface area contributed by atoms with E-state index >= 15 is 0 Å². The van der Waals surface area contributed by atoms with E-state index in [1.165, 1.54) is 37.4 Å². The van der Waals surface area contributed by atoms with Crippen LogP contribution in [0.4, 0.5) is 35.1 Å². The molecular weight excluding hydrogens is 696 g/mol. The Morgan fingerprint density at radius 3 is 2.33 bits per heavy atom. The third-order valence-electron chi connectivity index (χ3n) is 7.67. The second-order valence-corrected chi connectivity index (χ2v) is 12.5. The zero-order chi connectivity index (χ0) is 35.6. The Morgan fingerprint density at radius 2 is 1.71 bits per heavy atom. The fourth-order valence-corrected chi connectivity index (χ4v) is 6.22. The van der Waals surface area contributed by atoms with E-state index < -0.39 is 47.8 Å². The summed E-state index contributed by atoms with van der Waals surface area (Å²) in [6, 6.07) is 6.91. The van der Waals surface area contributed by atoms with Gasteiger partial charge in [0.25, 0.3) is 0 Å². The molecule has 1 aliphatic heterocycles. The summed E-state index contributed by atoms with van der Waals surface area (Å²) in [5, 5.41) is 8.31. The van der Waals surface area contributed by atoms with Crippen LogP contribution in [0.5, 0.6) is 17.4 Å². The number of carbonyl (C=O) groups is 1. The van der Waals surface area contributed by atoms with Crippen molar-refractivity contribution in [1.82, 2.24) is 9.97 Å². The lowest BCUT2D eigenvalue weighted by atomic mass is 9.91. The molecule has 18 heteroatoms. The number of hydrogen-bond donors (Lipinski definition) is 1. The first-order valence-corrected chi connectivity index (χ1v) is 15.8. The van der Waals surface area contributed by atoms with Gasteiger partial charge in [-0.3, -0.25) is 4.79 Å². The summed E-state index contributed by atoms with van der Waals surface area (Å²) in [6.45, 7) is -1.85. The van der Waals surface area contributed by atoms with E-state index in [-0.39, 0.29) is 64.4 Å². The Morgan fingerprint density at radius 1 is 0.980 bits per heavy atom. The third kappa shape index (κ3) is 8.88. The molecule has 1 aromatic carbocycles. The summed E-state index contributed by atoms with van der Waals surface area (Å²) in [4.78, 5) is 18.6. The molecule has 49 heavy (non-hydrogen) atoms. The largest absolute Gasteiger partial charge is 0.487 e. The fourth-order valence-electron chi connectivity index (χ4n) is 5.05. The summed E-state index contributed by atoms with van der Waals surface area (Å²) >= 11 is 0.00888. The maximum atomic E-state index is 13.6. The molecule has 5 rings (SSSR count). The zero-order valence-electron chi connectivity index (χ0n) is 25.6. The first-order valence-electron chi connectivity index (χ1n) is 15.0. The SMILES string of the molecule is CC(=O)OCC1CCCC(Oc2ccc(C[C@@H](c3ccc(OC(F)F)c(OC4CC4)c3)c3cnc(C(O)(C(F)(F)F)C(F)(F)F)s3)cn2)O1. The van der Waals surface area contributed by atoms with E-state index in [1.54, 1.807) is 6.07 Å². The van der Waals surface area contributed by atoms with Gasteiger partial charge in [0.05, 0.1) is 12.2 Å². The maximum Gasteiger partial charge on any atom is 0.433 e. The molecule has 2 aromatic heterocycles. The van der Waals surface area contributed by atoms with Gasteiger partial charge in [-0.2, -0.15) is 35.1 Å². The Balaban J connectivity index is 1.43. The van der Waals surface area contributed by atoms with Crippen LogP contribution in [0.3, 0.4) is 0 Å². The zero-order valence-corrected chi connectivity index (χ0v) is 26.4. The number of thiazole rings is 1. The molecule has 0 spiro atoms. The quantitative estimate of drug-likeness (QED) is 0.145. The number of benzene rings is 1. The van der Waals surface area contributed by atoms with Crippen LogP contribution in [0.25, 0.3) is 0 Å². The molecule has 1 saturated carbocycles. The van der Waals surface area contributed by atoms with Crippen LogP contribution in [0.1, 0.15) is 66.0 Å². The average Bonchev–Trinajstić information content (AvgIpc) is 3.70. The monoisotopic (exact) mass is 726 g/mol. The summed E-state index contributed by atoms with van der Waals surface area (Å²) in [7, 11) is 0. The molecule has 0 bridgehead atoms. The molecule has 3 aromatic rings. The first-order chi connectivity index (χ1) is 23.0. The van der Waals surface area contributed by atoms with Crippen LogP contribution in [0.2, 0.25) is 0 Å². The van der Waals surface area contributed by atoms with E-state index in [4.69, 9.17) is 18.9 Å². The van der Waals surface area contributed by atoms with Gasteiger partial charge in [0, 0.05) is 42.6 Å². The second-order valence-electron chi connectivity index (χ2n) is 11.5. The average molecular weight is 727 g/mol. The minimum atomic E-state index is -6.14. The van der Waals surface area contributed by atoms with Crippen molar-refractivity contribution < 1.29 is 68.7 Å². The van der Waals surface area contributed by atoms with Crippen LogP contribution in [0, 0.1) is 0 Å². The van der Waals surface area contributed by atoms with Crippen molar-refractivity contribution in [1.29, 1.82) is 0 Å². The smallest absolute Gasteiger partial charge is 0.433 e. The van der Waals surface area contributed by atoms with Crippen molar-refractivity contribution in [2.75, 3.05) is 6.61 Å². The van der Waals surface area contributed by atoms with E-state index in [1.807, 2.05) is 0 Å². The molecule has 2 fully saturated rings. The Labute approximate surface area is 278 Å². The molecule has 1 aliphatic carbocycles. The number of hydrogen-bond acceptors (Lipinski definition) is 10. The minimum Gasteiger partial charge on any atom is -0.487 e. The van der Waals surface area contributed by atoms with Gasteiger partial charge in [-0.1, -0.05) is 12.1 Å². The lowest BCUT2D eigenvalue weighted by Crippen LogP contribution is -2.53. The van der Waals surface area contributed by atoms with Gasteiger partial charge < -0.3 is 28.8 Å². The molecule has 2 aliphatic rings. The van der Waals surface area contributed by atoms with Gasteiger partial charge >= 0.3 is 30.5 Å². The van der Waals surface area contributed by atoms with Crippen LogP contribution >= 0.6 is 11.3 Å². The number of esters is 1. The Bertz CT molecular complexity index is 1570. The first kappa shape index (κ1) is 36.5. The van der Waals surface area contributed by atoms with Crippen molar-refractivity contribution in [3.8, 4) is 17.4 Å². The molecule has 0 amide bonds. The number of carbonyl (C=O) groups excluding carboxylic acids is 1. The van der Waals surface area contributed by atoms with E-state index in [9.17, 15) is 45.0 Å². The molecule has 268 valence electrons. The number of alkyl halides is 8. The number of nitrogens with zero attached hydrogens (tertiary/aromatic N) is 2. The van der Waals surface area contributed by atoms with Crippen molar-refractivity contribution in [2.45, 2.75) is 94.4 Å². The summed E-state index contributed by atoms with van der Waals surface area (Å²) < 4.78 is 135. The minimum absolute atomic E-state index is 0.00888. The van der Waals surface area contributed by atoms with Crippen LogP contribution in [0.15, 0.2) is 42.7 Å². The standard InChI is InChI=1S/C31H30F8N2O7S/c1-16(42)44-15-20-3-2-4-26(46-20)48-25-10-5-17(13-40-25)11-21(18-6-9-22(47-28(32)33)23(12-18)45-19-7-8-19)24-14-41-27(49-24)29(43,30(34,35)36)31(37,38)39/h5-6,9-10,12-14,19-21,26,28,43H,2-4,7-8,11,15H2,1H3/t20?,21-,26?/m0/s1. The molecule has 1 saturated heterocycles. The van der Waals surface area contributed by atoms with Gasteiger partial charge in [0.1, 0.15) is 11.6 Å². The topological polar surface area (TPSA) is 109 Å². The van der Waals surface area contributed by atoms with Gasteiger partial charge in [-0.25, -0.2) is 9.97 Å². The predicted octanol–water partition coefficient (Wildman–Crippen LogP) is 7.20. The number of aromatic nitrogens is 2. The number of pyridine rings is 1. The van der Waals surface area contributed by atoms with Crippen molar-refractivity contribution >= 4 is 17.3 Å². The summed E-state index contributed by atoms with van der Waals surface area (Å²) in [6.07, 6.45) is -8.27. The number of aliphatic hydroxyl groups is 1. The highest BCUT2D eigenvalue weighted by Crippen LogP contribution is 2.52.